The molecule has 0 aliphatic heterocycles. The standard InChI is InChI=1S/C16H14Cl2O3.Na/c17-13-5-1-11(2-6-13)10-21-14-7-3-12(15(18)9-14)4-8-16(19)20;/h1-3,5-7,9H,4,8,10H2,(H,19,20);/q;+1/p-1. The first kappa shape index (κ1) is 19.3. The molecule has 0 unspecified atom stereocenters. The number of aliphatic carboxylic acids is 1. The normalized spacial score (nSPS) is 9.91. The second-order valence-corrected chi connectivity index (χ2v) is 5.38. The fourth-order valence-electron chi connectivity index (χ4n) is 1.80. The van der Waals surface area contributed by atoms with E-state index < -0.39 is 5.97 Å². The van der Waals surface area contributed by atoms with Gasteiger partial charge in [0.05, 0.1) is 0 Å². The van der Waals surface area contributed by atoms with Gasteiger partial charge in [0.25, 0.3) is 0 Å². The van der Waals surface area contributed by atoms with Crippen LogP contribution in [0.5, 0.6) is 5.75 Å². The third-order valence-electron chi connectivity index (χ3n) is 2.94. The van der Waals surface area contributed by atoms with Gasteiger partial charge in [-0.05, 0) is 48.2 Å². The van der Waals surface area contributed by atoms with E-state index in [2.05, 4.69) is 0 Å². The molecule has 0 saturated carbocycles. The van der Waals surface area contributed by atoms with Crippen LogP contribution in [0.1, 0.15) is 17.5 Å². The molecule has 0 spiro atoms. The number of halogens is 2. The maximum Gasteiger partial charge on any atom is 1.00 e. The maximum absolute atomic E-state index is 10.4. The Bertz CT molecular complexity index is 630. The first-order chi connectivity index (χ1) is 10.0. The first-order valence-corrected chi connectivity index (χ1v) is 7.16. The minimum absolute atomic E-state index is 0. The van der Waals surface area contributed by atoms with Gasteiger partial charge in [0, 0.05) is 16.0 Å². The van der Waals surface area contributed by atoms with Crippen molar-refractivity contribution in [2.45, 2.75) is 19.4 Å². The SMILES string of the molecule is O=C([O-])CCc1ccc(OCc2ccc(Cl)cc2)cc1Cl.[Na+]. The third kappa shape index (κ3) is 6.19. The number of rotatable bonds is 6. The van der Waals surface area contributed by atoms with Crippen LogP contribution in [0.4, 0.5) is 0 Å². The second kappa shape index (κ2) is 9.43. The summed E-state index contributed by atoms with van der Waals surface area (Å²) in [6, 6.07) is 12.6. The van der Waals surface area contributed by atoms with Crippen molar-refractivity contribution in [2.75, 3.05) is 0 Å². The Labute approximate surface area is 161 Å². The number of hydrogen-bond acceptors (Lipinski definition) is 3. The van der Waals surface area contributed by atoms with Gasteiger partial charge in [0.1, 0.15) is 12.4 Å². The third-order valence-corrected chi connectivity index (χ3v) is 3.55. The number of aryl methyl sites for hydroxylation is 1. The van der Waals surface area contributed by atoms with E-state index in [4.69, 9.17) is 27.9 Å². The molecule has 0 fully saturated rings. The topological polar surface area (TPSA) is 49.4 Å². The van der Waals surface area contributed by atoms with E-state index in [-0.39, 0.29) is 36.0 Å². The van der Waals surface area contributed by atoms with Gasteiger partial charge in [-0.3, -0.25) is 0 Å². The Kier molecular flexibility index (Phi) is 8.29. The molecule has 2 aromatic rings. The minimum atomic E-state index is -1.09. The Morgan fingerprint density at radius 2 is 1.77 bits per heavy atom. The zero-order chi connectivity index (χ0) is 15.2. The van der Waals surface area contributed by atoms with Crippen LogP contribution in [0.25, 0.3) is 0 Å². The molecule has 0 aliphatic carbocycles. The molecule has 2 aromatic carbocycles. The van der Waals surface area contributed by atoms with Crippen molar-refractivity contribution in [2.24, 2.45) is 0 Å². The molecule has 0 heterocycles. The smallest absolute Gasteiger partial charge is 0.550 e. The molecule has 3 nitrogen and oxygen atoms in total. The molecular weight excluding hydrogens is 334 g/mol. The van der Waals surface area contributed by atoms with Gasteiger partial charge in [-0.25, -0.2) is 0 Å². The summed E-state index contributed by atoms with van der Waals surface area (Å²) in [6.07, 6.45) is 0.295. The van der Waals surface area contributed by atoms with Crippen LogP contribution < -0.4 is 39.4 Å². The van der Waals surface area contributed by atoms with Crippen LogP contribution >= 0.6 is 23.2 Å². The van der Waals surface area contributed by atoms with Crippen molar-refractivity contribution < 1.29 is 44.2 Å². The first-order valence-electron chi connectivity index (χ1n) is 6.40. The Hall–Kier alpha value is -0.710. The predicted octanol–water partition coefficient (Wildman–Crippen LogP) is 0.259. The second-order valence-electron chi connectivity index (χ2n) is 4.54. The Balaban J connectivity index is 0.00000242. The monoisotopic (exact) mass is 346 g/mol. The molecule has 0 aromatic heterocycles. The number of hydrogen-bond donors (Lipinski definition) is 0. The van der Waals surface area contributed by atoms with E-state index in [0.717, 1.165) is 11.1 Å². The fraction of sp³-hybridized carbons (Fsp3) is 0.188. The number of ether oxygens (including phenoxy) is 1. The summed E-state index contributed by atoms with van der Waals surface area (Å²) >= 11 is 11.9. The van der Waals surface area contributed by atoms with Crippen molar-refractivity contribution in [1.82, 2.24) is 0 Å². The van der Waals surface area contributed by atoms with E-state index in [1.165, 1.54) is 0 Å². The fourth-order valence-corrected chi connectivity index (χ4v) is 2.20. The zero-order valence-electron chi connectivity index (χ0n) is 12.1. The van der Waals surface area contributed by atoms with Crippen molar-refractivity contribution in [3.05, 3.63) is 63.6 Å². The molecule has 110 valence electrons. The predicted molar refractivity (Wildman–Crippen MR) is 80.6 cm³/mol. The van der Waals surface area contributed by atoms with Gasteiger partial charge in [-0.15, -0.1) is 0 Å². The summed E-state index contributed by atoms with van der Waals surface area (Å²) in [5.74, 6) is -0.457. The summed E-state index contributed by atoms with van der Waals surface area (Å²) in [6.45, 7) is 0.409. The van der Waals surface area contributed by atoms with E-state index >= 15 is 0 Å². The maximum atomic E-state index is 10.4. The van der Waals surface area contributed by atoms with Crippen LogP contribution in [0.2, 0.25) is 10.0 Å². The molecule has 2 rings (SSSR count). The molecule has 22 heavy (non-hydrogen) atoms. The van der Waals surface area contributed by atoms with Crippen molar-refractivity contribution in [3.63, 3.8) is 0 Å². The summed E-state index contributed by atoms with van der Waals surface area (Å²) < 4.78 is 5.64. The molecule has 0 amide bonds. The Morgan fingerprint density at radius 3 is 2.36 bits per heavy atom. The minimum Gasteiger partial charge on any atom is -0.550 e. The number of carboxylic acids is 1. The van der Waals surface area contributed by atoms with Gasteiger partial charge in [0.2, 0.25) is 0 Å². The van der Waals surface area contributed by atoms with Crippen LogP contribution in [0, 0.1) is 0 Å². The molecule has 0 bridgehead atoms. The van der Waals surface area contributed by atoms with Crippen LogP contribution in [0.15, 0.2) is 42.5 Å². The van der Waals surface area contributed by atoms with Gasteiger partial charge >= 0.3 is 29.6 Å². The van der Waals surface area contributed by atoms with Crippen LogP contribution in [-0.4, -0.2) is 5.97 Å². The number of benzene rings is 2. The van der Waals surface area contributed by atoms with Crippen molar-refractivity contribution in [1.29, 1.82) is 0 Å². The van der Waals surface area contributed by atoms with Gasteiger partial charge in [0.15, 0.2) is 0 Å². The summed E-state index contributed by atoms with van der Waals surface area (Å²) in [5.41, 5.74) is 1.76. The van der Waals surface area contributed by atoms with Gasteiger partial charge in [-0.2, -0.15) is 0 Å². The molecule has 0 radical (unpaired) electrons. The van der Waals surface area contributed by atoms with E-state index in [9.17, 15) is 9.90 Å². The number of carbonyl (C=O) groups is 1. The molecular formula is C16H13Cl2NaO3. The summed E-state index contributed by atoms with van der Waals surface area (Å²) in [7, 11) is 0. The zero-order valence-corrected chi connectivity index (χ0v) is 15.7. The van der Waals surface area contributed by atoms with Crippen LogP contribution in [0.3, 0.4) is 0 Å². The largest absolute Gasteiger partial charge is 1.00 e. The average molecular weight is 347 g/mol. The van der Waals surface area contributed by atoms with E-state index in [1.54, 1.807) is 30.3 Å². The van der Waals surface area contributed by atoms with Crippen molar-refractivity contribution in [3.8, 4) is 5.75 Å². The quantitative estimate of drug-likeness (QED) is 0.705. The molecule has 0 saturated heterocycles. The number of carbonyl (C=O) groups excluding carboxylic acids is 1. The van der Waals surface area contributed by atoms with E-state index in [0.29, 0.717) is 28.8 Å². The molecule has 0 N–H and O–H groups in total. The molecule has 6 heteroatoms. The van der Waals surface area contributed by atoms with Crippen LogP contribution in [-0.2, 0) is 17.8 Å². The van der Waals surface area contributed by atoms with Crippen molar-refractivity contribution >= 4 is 29.2 Å². The average Bonchev–Trinajstić information content (AvgIpc) is 2.45. The van der Waals surface area contributed by atoms with E-state index in [1.807, 2.05) is 12.1 Å². The number of carboxylic acid groups (broad SMARTS) is 1. The molecule has 0 aliphatic rings. The summed E-state index contributed by atoms with van der Waals surface area (Å²) in [5, 5.41) is 11.6. The van der Waals surface area contributed by atoms with Gasteiger partial charge < -0.3 is 14.6 Å². The summed E-state index contributed by atoms with van der Waals surface area (Å²) in [4.78, 5) is 10.4. The molecule has 0 atom stereocenters. The Morgan fingerprint density at radius 1 is 1.09 bits per heavy atom. The van der Waals surface area contributed by atoms with Gasteiger partial charge in [-0.1, -0.05) is 41.4 Å².